The van der Waals surface area contributed by atoms with Gasteiger partial charge in [-0.1, -0.05) is 117 Å². The molecular formula is C49H56F2N4O. The fraction of sp³-hybridized carbons (Fsp3) is 0.367. The third kappa shape index (κ3) is 9.06. The lowest BCUT2D eigenvalue weighted by atomic mass is 9.77. The van der Waals surface area contributed by atoms with Crippen molar-refractivity contribution < 1.29 is 8.78 Å². The van der Waals surface area contributed by atoms with Crippen LogP contribution in [0.5, 0.6) is 0 Å². The zero-order valence-corrected chi connectivity index (χ0v) is 32.8. The molecule has 3 heterocycles. The van der Waals surface area contributed by atoms with Crippen molar-refractivity contribution in [2.45, 2.75) is 82.2 Å². The highest BCUT2D eigenvalue weighted by atomic mass is 19.1. The van der Waals surface area contributed by atoms with Gasteiger partial charge in [0.2, 0.25) is 0 Å². The number of likely N-dealkylation sites (tertiary alicyclic amines) is 2. The van der Waals surface area contributed by atoms with E-state index in [9.17, 15) is 13.6 Å². The number of hydrogen-bond donors (Lipinski definition) is 1. The van der Waals surface area contributed by atoms with Crippen molar-refractivity contribution >= 4 is 11.0 Å². The van der Waals surface area contributed by atoms with Gasteiger partial charge in [0.25, 0.3) is 0 Å². The summed E-state index contributed by atoms with van der Waals surface area (Å²) in [5.41, 5.74) is 6.87. The minimum absolute atomic E-state index is 0.0268. The van der Waals surface area contributed by atoms with Crippen molar-refractivity contribution in [2.75, 3.05) is 32.7 Å². The first kappa shape index (κ1) is 39.4. The van der Waals surface area contributed by atoms with Crippen LogP contribution in [0.25, 0.3) is 11.0 Å². The second kappa shape index (κ2) is 18.9. The number of nitrogens with zero attached hydrogens (tertiary/aromatic N) is 3. The average Bonchev–Trinajstić information content (AvgIpc) is 3.59. The van der Waals surface area contributed by atoms with Crippen molar-refractivity contribution in [1.29, 1.82) is 0 Å². The lowest BCUT2D eigenvalue weighted by molar-refractivity contribution is 0.0878. The van der Waals surface area contributed by atoms with E-state index in [0.717, 1.165) is 67.5 Å². The van der Waals surface area contributed by atoms with Crippen molar-refractivity contribution in [1.82, 2.24) is 19.4 Å². The van der Waals surface area contributed by atoms with Crippen LogP contribution in [0.3, 0.4) is 0 Å². The monoisotopic (exact) mass is 754 g/mol. The molecule has 1 aromatic heterocycles. The summed E-state index contributed by atoms with van der Waals surface area (Å²) in [7, 11) is 0. The van der Waals surface area contributed by atoms with Crippen molar-refractivity contribution in [3.8, 4) is 0 Å². The van der Waals surface area contributed by atoms with E-state index in [2.05, 4.69) is 82.4 Å². The molecule has 2 saturated heterocycles. The fourth-order valence-electron chi connectivity index (χ4n) is 9.32. The number of fused-ring (bicyclic) bond motifs is 1. The predicted molar refractivity (Wildman–Crippen MR) is 225 cm³/mol. The molecule has 0 bridgehead atoms. The first-order valence-corrected chi connectivity index (χ1v) is 20.7. The van der Waals surface area contributed by atoms with Gasteiger partial charge in [-0.15, -0.1) is 0 Å². The standard InChI is InChI=1S/C28H29F2N3O.C21H27N/c29-22-11-7-20(8-12-22)25(21-9-13-23(30)14-10-21)4-3-17-32-18-15-24(16-19-32)33-27-6-2-1-5-26(27)31-28(33)34;1-2-16-21(19-12-6-3-7-13-19,20-14-8-4-9-15-20)22-17-10-5-11-18-22/h1-2,5-14,24-25H,3-4,15-19H2,(H,31,34);3-4,6-9,12-15H,2,5,10-11,16-18H2,1H3. The predicted octanol–water partition coefficient (Wildman–Crippen LogP) is 11.1. The Bertz CT molecular complexity index is 2050. The van der Waals surface area contributed by atoms with Crippen LogP contribution in [-0.2, 0) is 5.54 Å². The molecule has 0 aliphatic carbocycles. The quantitative estimate of drug-likeness (QED) is 0.135. The topological polar surface area (TPSA) is 44.3 Å². The van der Waals surface area contributed by atoms with Gasteiger partial charge in [-0.25, -0.2) is 13.6 Å². The van der Waals surface area contributed by atoms with Gasteiger partial charge < -0.3 is 9.88 Å². The highest BCUT2D eigenvalue weighted by molar-refractivity contribution is 5.75. The van der Waals surface area contributed by atoms with Crippen LogP contribution in [0.15, 0.2) is 138 Å². The van der Waals surface area contributed by atoms with Crippen LogP contribution in [-0.4, -0.2) is 52.1 Å². The molecule has 1 N–H and O–H groups in total. The lowest BCUT2D eigenvalue weighted by Crippen LogP contribution is -2.49. The average molecular weight is 755 g/mol. The summed E-state index contributed by atoms with van der Waals surface area (Å²) < 4.78 is 28.9. The molecule has 0 spiro atoms. The Morgan fingerprint density at radius 2 is 1.21 bits per heavy atom. The molecule has 7 heteroatoms. The Labute approximate surface area is 331 Å². The van der Waals surface area contributed by atoms with Crippen LogP contribution >= 0.6 is 0 Å². The van der Waals surface area contributed by atoms with Gasteiger partial charge in [-0.3, -0.25) is 9.47 Å². The smallest absolute Gasteiger partial charge is 0.306 e. The van der Waals surface area contributed by atoms with Crippen LogP contribution < -0.4 is 5.69 Å². The van der Waals surface area contributed by atoms with Gasteiger partial charge in [-0.2, -0.15) is 0 Å². The highest BCUT2D eigenvalue weighted by Crippen LogP contribution is 2.41. The van der Waals surface area contributed by atoms with Crippen molar-refractivity contribution in [3.05, 3.63) is 178 Å². The Kier molecular flexibility index (Phi) is 13.3. The number of H-pyrrole nitrogens is 1. The molecule has 0 unspecified atom stereocenters. The number of halogens is 2. The Balaban J connectivity index is 0.000000189. The van der Waals surface area contributed by atoms with Gasteiger partial charge in [0, 0.05) is 25.0 Å². The molecule has 56 heavy (non-hydrogen) atoms. The highest BCUT2D eigenvalue weighted by Gasteiger charge is 2.39. The van der Waals surface area contributed by atoms with Gasteiger partial charge in [0.05, 0.1) is 16.6 Å². The summed E-state index contributed by atoms with van der Waals surface area (Å²) in [5.74, 6) is -0.402. The van der Waals surface area contributed by atoms with E-state index in [0.29, 0.717) is 0 Å². The van der Waals surface area contributed by atoms with Crippen LogP contribution in [0.2, 0.25) is 0 Å². The minimum atomic E-state index is -0.251. The number of hydrogen-bond acceptors (Lipinski definition) is 3. The molecule has 6 aromatic rings. The van der Waals surface area contributed by atoms with Gasteiger partial charge >= 0.3 is 5.69 Å². The molecule has 8 rings (SSSR count). The largest absolute Gasteiger partial charge is 0.326 e. The number of para-hydroxylation sites is 2. The van der Waals surface area contributed by atoms with Crippen LogP contribution in [0.1, 0.15) is 98.9 Å². The van der Waals surface area contributed by atoms with Crippen molar-refractivity contribution in [2.24, 2.45) is 0 Å². The molecule has 0 atom stereocenters. The van der Waals surface area contributed by atoms with Crippen molar-refractivity contribution in [3.63, 3.8) is 0 Å². The summed E-state index contributed by atoms with van der Waals surface area (Å²) in [4.78, 5) is 20.7. The summed E-state index contributed by atoms with van der Waals surface area (Å²) in [6.45, 7) is 7.61. The van der Waals surface area contributed by atoms with Crippen LogP contribution in [0.4, 0.5) is 8.78 Å². The minimum Gasteiger partial charge on any atom is -0.306 e. The summed E-state index contributed by atoms with van der Waals surface area (Å²) >= 11 is 0. The lowest BCUT2D eigenvalue weighted by Gasteiger charge is -2.47. The fourth-order valence-corrected chi connectivity index (χ4v) is 9.32. The number of benzene rings is 5. The van der Waals surface area contributed by atoms with Gasteiger partial charge in [-0.05, 0) is 123 Å². The number of piperidine rings is 2. The Morgan fingerprint density at radius 3 is 1.77 bits per heavy atom. The molecule has 2 aliphatic heterocycles. The maximum atomic E-state index is 13.5. The molecule has 2 aliphatic rings. The Hall–Kier alpha value is -4.85. The second-order valence-electron chi connectivity index (χ2n) is 15.6. The third-order valence-electron chi connectivity index (χ3n) is 12.1. The Morgan fingerprint density at radius 1 is 0.679 bits per heavy atom. The summed E-state index contributed by atoms with van der Waals surface area (Å²) in [6, 6.07) is 43.6. The third-order valence-corrected chi connectivity index (χ3v) is 12.1. The molecule has 5 nitrogen and oxygen atoms in total. The van der Waals surface area contributed by atoms with Crippen LogP contribution in [0, 0.1) is 11.6 Å². The maximum Gasteiger partial charge on any atom is 0.326 e. The van der Waals surface area contributed by atoms with E-state index in [1.54, 1.807) is 0 Å². The first-order chi connectivity index (χ1) is 27.5. The summed E-state index contributed by atoms with van der Waals surface area (Å²) in [6.07, 6.45) is 10.2. The molecular weight excluding hydrogens is 699 g/mol. The van der Waals surface area contributed by atoms with Gasteiger partial charge in [0.15, 0.2) is 0 Å². The number of aromatic nitrogens is 2. The molecule has 292 valence electrons. The molecule has 0 saturated carbocycles. The molecule has 5 aromatic carbocycles. The van der Waals surface area contributed by atoms with E-state index in [-0.39, 0.29) is 34.8 Å². The zero-order chi connectivity index (χ0) is 38.7. The van der Waals surface area contributed by atoms with Gasteiger partial charge in [0.1, 0.15) is 11.6 Å². The summed E-state index contributed by atoms with van der Waals surface area (Å²) in [5, 5.41) is 0. The normalized spacial score (nSPS) is 15.9. The number of imidazole rings is 1. The van der Waals surface area contributed by atoms with E-state index in [1.165, 1.54) is 80.6 Å². The second-order valence-corrected chi connectivity index (χ2v) is 15.6. The first-order valence-electron chi connectivity index (χ1n) is 20.7. The molecule has 0 radical (unpaired) electrons. The van der Waals surface area contributed by atoms with E-state index in [1.807, 2.05) is 53.1 Å². The zero-order valence-electron chi connectivity index (χ0n) is 32.8. The maximum absolute atomic E-state index is 13.5. The number of nitrogens with one attached hydrogen (secondary N) is 1. The van der Waals surface area contributed by atoms with E-state index in [4.69, 9.17) is 0 Å². The SMILES string of the molecule is CCCC(c1ccccc1)(c1ccccc1)N1CCCCC1.O=c1[nH]c2ccccc2n1C1CCN(CCCC(c2ccc(F)cc2)c2ccc(F)cc2)CC1. The molecule has 2 fully saturated rings. The number of rotatable bonds is 12. The molecule has 0 amide bonds. The number of aromatic amines is 1. The van der Waals surface area contributed by atoms with E-state index < -0.39 is 0 Å². The van der Waals surface area contributed by atoms with E-state index >= 15 is 0 Å².